The molecular formula is C13H16N4. The minimum Gasteiger partial charge on any atom is -0.399 e. The van der Waals surface area contributed by atoms with Crippen LogP contribution in [0.3, 0.4) is 0 Å². The molecule has 1 aromatic carbocycles. The highest BCUT2D eigenvalue weighted by Crippen LogP contribution is 2.32. The maximum atomic E-state index is 5.82. The average Bonchev–Trinajstić information content (AvgIpc) is 2.81. The highest BCUT2D eigenvalue weighted by atomic mass is 15.2. The van der Waals surface area contributed by atoms with E-state index in [4.69, 9.17) is 5.73 Å². The van der Waals surface area contributed by atoms with Crippen molar-refractivity contribution in [2.45, 2.75) is 26.9 Å². The van der Waals surface area contributed by atoms with Crippen molar-refractivity contribution in [2.24, 2.45) is 0 Å². The van der Waals surface area contributed by atoms with Gasteiger partial charge in [-0.25, -0.2) is 0 Å². The fourth-order valence-corrected chi connectivity index (χ4v) is 2.58. The molecule has 1 aliphatic rings. The number of nitrogens with one attached hydrogen (secondary N) is 1. The molecule has 17 heavy (non-hydrogen) atoms. The molecule has 0 amide bonds. The normalized spacial score (nSPS) is 14.1. The predicted octanol–water partition coefficient (Wildman–Crippen LogP) is 2.13. The van der Waals surface area contributed by atoms with Gasteiger partial charge in [0, 0.05) is 18.8 Å². The number of H-pyrrole nitrogens is 1. The third kappa shape index (κ3) is 1.56. The number of aryl methyl sites for hydroxylation is 2. The number of nitrogens with two attached hydrogens (primary N) is 1. The summed E-state index contributed by atoms with van der Waals surface area (Å²) in [7, 11) is 0. The molecule has 0 saturated carbocycles. The van der Waals surface area contributed by atoms with Crippen LogP contribution in [-0.2, 0) is 13.1 Å². The van der Waals surface area contributed by atoms with E-state index in [0.29, 0.717) is 0 Å². The molecule has 0 radical (unpaired) electrons. The van der Waals surface area contributed by atoms with Crippen LogP contribution < -0.4 is 10.6 Å². The Morgan fingerprint density at radius 2 is 2.00 bits per heavy atom. The maximum Gasteiger partial charge on any atom is 0.0827 e. The Kier molecular flexibility index (Phi) is 2.11. The summed E-state index contributed by atoms with van der Waals surface area (Å²) >= 11 is 0. The summed E-state index contributed by atoms with van der Waals surface area (Å²) in [6, 6.07) is 6.16. The van der Waals surface area contributed by atoms with Crippen LogP contribution in [0, 0.1) is 13.8 Å². The highest BCUT2D eigenvalue weighted by Gasteiger charge is 2.23. The van der Waals surface area contributed by atoms with E-state index in [1.54, 1.807) is 0 Å². The molecule has 0 bridgehead atoms. The zero-order chi connectivity index (χ0) is 12.0. The predicted molar refractivity (Wildman–Crippen MR) is 68.8 cm³/mol. The zero-order valence-electron chi connectivity index (χ0n) is 10.1. The number of fused-ring (bicyclic) bond motifs is 1. The minimum absolute atomic E-state index is 0.839. The lowest BCUT2D eigenvalue weighted by atomic mass is 10.1. The number of rotatable bonds is 1. The minimum atomic E-state index is 0.839. The Labute approximate surface area is 100 Å². The van der Waals surface area contributed by atoms with E-state index in [-0.39, 0.29) is 0 Å². The number of hydrogen-bond donors (Lipinski definition) is 2. The first kappa shape index (κ1) is 10.2. The molecule has 1 aromatic heterocycles. The number of hydrogen-bond acceptors (Lipinski definition) is 3. The van der Waals surface area contributed by atoms with E-state index in [2.05, 4.69) is 34.2 Å². The Hall–Kier alpha value is -1.97. The molecule has 3 N–H and O–H groups in total. The molecule has 0 fully saturated rings. The van der Waals surface area contributed by atoms with Gasteiger partial charge in [-0.15, -0.1) is 0 Å². The molecule has 0 saturated heterocycles. The Bertz CT molecular complexity index is 551. The van der Waals surface area contributed by atoms with Gasteiger partial charge in [0.25, 0.3) is 0 Å². The number of anilines is 2. The van der Waals surface area contributed by atoms with Crippen molar-refractivity contribution in [3.8, 4) is 0 Å². The fourth-order valence-electron chi connectivity index (χ4n) is 2.58. The maximum absolute atomic E-state index is 5.82. The van der Waals surface area contributed by atoms with Gasteiger partial charge in [0.05, 0.1) is 17.1 Å². The van der Waals surface area contributed by atoms with Crippen LogP contribution in [-0.4, -0.2) is 10.2 Å². The molecular weight excluding hydrogens is 212 g/mol. The van der Waals surface area contributed by atoms with Crippen molar-refractivity contribution in [1.29, 1.82) is 0 Å². The van der Waals surface area contributed by atoms with Gasteiger partial charge < -0.3 is 10.6 Å². The van der Waals surface area contributed by atoms with Gasteiger partial charge in [0.15, 0.2) is 0 Å². The molecule has 2 heterocycles. The van der Waals surface area contributed by atoms with E-state index in [0.717, 1.165) is 30.2 Å². The molecule has 0 spiro atoms. The van der Waals surface area contributed by atoms with Gasteiger partial charge in [-0.1, -0.05) is 6.07 Å². The Balaban J connectivity index is 1.97. The molecule has 1 aliphatic heterocycles. The van der Waals surface area contributed by atoms with Gasteiger partial charge in [-0.05, 0) is 37.1 Å². The monoisotopic (exact) mass is 228 g/mol. The molecule has 3 rings (SSSR count). The van der Waals surface area contributed by atoms with Crippen LogP contribution in [0.1, 0.15) is 22.5 Å². The Morgan fingerprint density at radius 1 is 1.24 bits per heavy atom. The van der Waals surface area contributed by atoms with Crippen molar-refractivity contribution < 1.29 is 0 Å². The van der Waals surface area contributed by atoms with Crippen LogP contribution in [0.4, 0.5) is 11.4 Å². The highest BCUT2D eigenvalue weighted by molar-refractivity contribution is 5.59. The SMILES string of the molecule is Cc1n[nH]c(C)c1N1Cc2ccc(N)cc2C1. The van der Waals surface area contributed by atoms with E-state index in [1.807, 2.05) is 13.0 Å². The second kappa shape index (κ2) is 3.52. The van der Waals surface area contributed by atoms with E-state index in [1.165, 1.54) is 16.8 Å². The van der Waals surface area contributed by atoms with E-state index in [9.17, 15) is 0 Å². The molecule has 0 unspecified atom stereocenters. The molecule has 0 aliphatic carbocycles. The lowest BCUT2D eigenvalue weighted by molar-refractivity contribution is 0.870. The molecule has 4 nitrogen and oxygen atoms in total. The van der Waals surface area contributed by atoms with Gasteiger partial charge in [-0.3, -0.25) is 5.10 Å². The summed E-state index contributed by atoms with van der Waals surface area (Å²) in [5.41, 5.74) is 12.7. The van der Waals surface area contributed by atoms with Gasteiger partial charge in [0.1, 0.15) is 0 Å². The van der Waals surface area contributed by atoms with Gasteiger partial charge in [0.2, 0.25) is 0 Å². The molecule has 0 atom stereocenters. The molecule has 4 heteroatoms. The van der Waals surface area contributed by atoms with Crippen molar-refractivity contribution in [3.63, 3.8) is 0 Å². The summed E-state index contributed by atoms with van der Waals surface area (Å²) in [6.45, 7) is 5.96. The second-order valence-corrected chi connectivity index (χ2v) is 4.67. The largest absolute Gasteiger partial charge is 0.399 e. The van der Waals surface area contributed by atoms with Crippen LogP contribution >= 0.6 is 0 Å². The average molecular weight is 228 g/mol. The van der Waals surface area contributed by atoms with Crippen molar-refractivity contribution in [1.82, 2.24) is 10.2 Å². The number of nitrogen functional groups attached to an aromatic ring is 1. The van der Waals surface area contributed by atoms with Crippen LogP contribution in [0.15, 0.2) is 18.2 Å². The lowest BCUT2D eigenvalue weighted by Crippen LogP contribution is -2.15. The quantitative estimate of drug-likeness (QED) is 0.735. The standard InChI is InChI=1S/C13H16N4/c1-8-13(9(2)16-15-8)17-6-10-3-4-12(14)5-11(10)7-17/h3-5H,6-7,14H2,1-2H3,(H,15,16). The summed E-state index contributed by atoms with van der Waals surface area (Å²) in [5.74, 6) is 0. The fraction of sp³-hybridized carbons (Fsp3) is 0.308. The number of benzene rings is 1. The zero-order valence-corrected chi connectivity index (χ0v) is 10.1. The first-order valence-electron chi connectivity index (χ1n) is 5.79. The smallest absolute Gasteiger partial charge is 0.0827 e. The van der Waals surface area contributed by atoms with Crippen molar-refractivity contribution in [2.75, 3.05) is 10.6 Å². The van der Waals surface area contributed by atoms with Crippen LogP contribution in [0.25, 0.3) is 0 Å². The van der Waals surface area contributed by atoms with Crippen LogP contribution in [0.5, 0.6) is 0 Å². The second-order valence-electron chi connectivity index (χ2n) is 4.67. The Morgan fingerprint density at radius 3 is 2.71 bits per heavy atom. The topological polar surface area (TPSA) is 57.9 Å². The van der Waals surface area contributed by atoms with Crippen molar-refractivity contribution >= 4 is 11.4 Å². The molecule has 2 aromatic rings. The van der Waals surface area contributed by atoms with Crippen molar-refractivity contribution in [3.05, 3.63) is 40.7 Å². The third-order valence-electron chi connectivity index (χ3n) is 3.36. The van der Waals surface area contributed by atoms with E-state index < -0.39 is 0 Å². The van der Waals surface area contributed by atoms with E-state index >= 15 is 0 Å². The summed E-state index contributed by atoms with van der Waals surface area (Å²) in [4.78, 5) is 2.35. The number of aromatic nitrogens is 2. The number of aromatic amines is 1. The van der Waals surface area contributed by atoms with Gasteiger partial charge in [-0.2, -0.15) is 5.10 Å². The van der Waals surface area contributed by atoms with Crippen LogP contribution in [0.2, 0.25) is 0 Å². The number of nitrogens with zero attached hydrogens (tertiary/aromatic N) is 2. The summed E-state index contributed by atoms with van der Waals surface area (Å²) in [6.07, 6.45) is 0. The first-order chi connectivity index (χ1) is 8.15. The lowest BCUT2D eigenvalue weighted by Gasteiger charge is -2.17. The summed E-state index contributed by atoms with van der Waals surface area (Å²) < 4.78 is 0. The first-order valence-corrected chi connectivity index (χ1v) is 5.79. The third-order valence-corrected chi connectivity index (χ3v) is 3.36. The molecule has 88 valence electrons. The van der Waals surface area contributed by atoms with Gasteiger partial charge >= 0.3 is 0 Å². The summed E-state index contributed by atoms with van der Waals surface area (Å²) in [5, 5.41) is 7.29.